The number of hydrogen-bond acceptors (Lipinski definition) is 7. The van der Waals surface area contributed by atoms with Crippen molar-refractivity contribution in [2.75, 3.05) is 25.6 Å². The fourth-order valence-electron chi connectivity index (χ4n) is 3.38. The van der Waals surface area contributed by atoms with Gasteiger partial charge in [0, 0.05) is 24.2 Å². The minimum absolute atomic E-state index is 0.0936. The summed E-state index contributed by atoms with van der Waals surface area (Å²) < 4.78 is 15.8. The number of esters is 2. The third-order valence-electron chi connectivity index (χ3n) is 4.55. The van der Waals surface area contributed by atoms with Crippen LogP contribution in [0.2, 0.25) is 0 Å². The quantitative estimate of drug-likeness (QED) is 0.314. The highest BCUT2D eigenvalue weighted by Gasteiger charge is 2.38. The Morgan fingerprint density at radius 2 is 1.81 bits per heavy atom. The Labute approximate surface area is 187 Å². The average molecular weight is 448 g/mol. The zero-order valence-electron chi connectivity index (χ0n) is 18.4. The zero-order valence-corrected chi connectivity index (χ0v) is 19.2. The van der Waals surface area contributed by atoms with Gasteiger partial charge in [0.25, 0.3) is 0 Å². The summed E-state index contributed by atoms with van der Waals surface area (Å²) in [4.78, 5) is 26.0. The van der Waals surface area contributed by atoms with Crippen molar-refractivity contribution >= 4 is 35.0 Å². The molecule has 1 aliphatic heterocycles. The smallest absolute Gasteiger partial charge is 0.337 e. The molecule has 1 aromatic carbocycles. The summed E-state index contributed by atoms with van der Waals surface area (Å²) in [7, 11) is 1.52. The summed E-state index contributed by atoms with van der Waals surface area (Å²) in [6, 6.07) is 7.20. The maximum absolute atomic E-state index is 13.0. The first-order chi connectivity index (χ1) is 14.6. The van der Waals surface area contributed by atoms with Gasteiger partial charge >= 0.3 is 11.9 Å². The first-order valence-electron chi connectivity index (χ1n) is 9.87. The highest BCUT2D eigenvalue weighted by Crippen LogP contribution is 2.40. The largest absolute Gasteiger partial charge is 0.460 e. The number of dihydropyridines is 1. The molecule has 31 heavy (non-hydrogen) atoms. The standard InChI is InChI=1S/C22H29N3O5S/c1-12(2)30-21(27)18-14(4)24-13(3)17(20(26)29-10-9-28-5)19(18)15-7-6-8-16(11-15)25-22(23)31/h6-8,11-12,19,24H,9-10H2,1-5H3,(H3,23,25,31). The topological polar surface area (TPSA) is 112 Å². The van der Waals surface area contributed by atoms with E-state index in [1.54, 1.807) is 45.9 Å². The van der Waals surface area contributed by atoms with E-state index in [1.165, 1.54) is 7.11 Å². The fraction of sp³-hybridized carbons (Fsp3) is 0.409. The predicted molar refractivity (Wildman–Crippen MR) is 122 cm³/mol. The second-order valence-electron chi connectivity index (χ2n) is 7.33. The van der Waals surface area contributed by atoms with Crippen LogP contribution in [0.15, 0.2) is 46.8 Å². The van der Waals surface area contributed by atoms with E-state index in [1.807, 2.05) is 6.07 Å². The van der Waals surface area contributed by atoms with Crippen molar-refractivity contribution in [3.8, 4) is 0 Å². The van der Waals surface area contributed by atoms with Crippen LogP contribution in [0.1, 0.15) is 39.2 Å². The van der Waals surface area contributed by atoms with Gasteiger partial charge in [-0.2, -0.15) is 0 Å². The number of methoxy groups -OCH3 is 1. The van der Waals surface area contributed by atoms with Gasteiger partial charge in [-0.3, -0.25) is 0 Å². The number of rotatable bonds is 8. The molecule has 168 valence electrons. The Bertz CT molecular complexity index is 923. The first kappa shape index (κ1) is 24.4. The van der Waals surface area contributed by atoms with Crippen LogP contribution in [0.25, 0.3) is 0 Å². The average Bonchev–Trinajstić information content (AvgIpc) is 2.66. The van der Waals surface area contributed by atoms with Gasteiger partial charge in [0.1, 0.15) is 6.61 Å². The van der Waals surface area contributed by atoms with Crippen molar-refractivity contribution < 1.29 is 23.8 Å². The lowest BCUT2D eigenvalue weighted by molar-refractivity contribution is -0.143. The maximum Gasteiger partial charge on any atom is 0.337 e. The molecule has 0 spiro atoms. The van der Waals surface area contributed by atoms with Crippen molar-refractivity contribution in [2.45, 2.75) is 39.7 Å². The molecule has 8 nitrogen and oxygen atoms in total. The van der Waals surface area contributed by atoms with Gasteiger partial charge in [0.05, 0.1) is 29.8 Å². The normalized spacial score (nSPS) is 16.1. The second kappa shape index (κ2) is 10.9. The number of nitrogens with two attached hydrogens (primary N) is 1. The SMILES string of the molecule is COCCOC(=O)C1=C(C)NC(C)=C(C(=O)OC(C)C)C1c1cccc(NC(N)=S)c1. The third kappa shape index (κ3) is 6.28. The lowest BCUT2D eigenvalue weighted by atomic mass is 9.80. The van der Waals surface area contributed by atoms with Gasteiger partial charge in [-0.25, -0.2) is 9.59 Å². The van der Waals surface area contributed by atoms with E-state index < -0.39 is 17.9 Å². The molecule has 0 amide bonds. The van der Waals surface area contributed by atoms with E-state index in [4.69, 9.17) is 32.2 Å². The Hall–Kier alpha value is -2.91. The van der Waals surface area contributed by atoms with Gasteiger partial charge in [-0.1, -0.05) is 12.1 Å². The van der Waals surface area contributed by atoms with Gasteiger partial charge in [0.15, 0.2) is 5.11 Å². The van der Waals surface area contributed by atoms with E-state index in [0.717, 1.165) is 0 Å². The molecular formula is C22H29N3O5S. The molecule has 1 unspecified atom stereocenters. The summed E-state index contributed by atoms with van der Waals surface area (Å²) in [6.45, 7) is 7.44. The van der Waals surface area contributed by atoms with E-state index in [9.17, 15) is 9.59 Å². The third-order valence-corrected chi connectivity index (χ3v) is 4.65. The molecule has 1 heterocycles. The molecule has 0 aliphatic carbocycles. The number of nitrogens with one attached hydrogen (secondary N) is 2. The van der Waals surface area contributed by atoms with Gasteiger partial charge in [0.2, 0.25) is 0 Å². The molecule has 0 bridgehead atoms. The molecule has 2 rings (SSSR count). The van der Waals surface area contributed by atoms with Crippen molar-refractivity contribution in [1.82, 2.24) is 5.32 Å². The Morgan fingerprint density at radius 3 is 2.39 bits per heavy atom. The Morgan fingerprint density at radius 1 is 1.16 bits per heavy atom. The van der Waals surface area contributed by atoms with Crippen LogP contribution in [0.5, 0.6) is 0 Å². The molecule has 1 atom stereocenters. The fourth-order valence-corrected chi connectivity index (χ4v) is 3.50. The number of ether oxygens (including phenoxy) is 3. The molecule has 0 aromatic heterocycles. The Balaban J connectivity index is 2.58. The van der Waals surface area contributed by atoms with Crippen LogP contribution in [0.4, 0.5) is 5.69 Å². The maximum atomic E-state index is 13.0. The molecule has 0 saturated carbocycles. The molecule has 1 aliphatic rings. The molecule has 0 radical (unpaired) electrons. The lowest BCUT2D eigenvalue weighted by Crippen LogP contribution is -2.33. The van der Waals surface area contributed by atoms with Gasteiger partial charge in [-0.15, -0.1) is 0 Å². The van der Waals surface area contributed by atoms with Crippen molar-refractivity contribution in [3.63, 3.8) is 0 Å². The van der Waals surface area contributed by atoms with Crippen molar-refractivity contribution in [3.05, 3.63) is 52.4 Å². The minimum Gasteiger partial charge on any atom is -0.460 e. The van der Waals surface area contributed by atoms with Crippen LogP contribution in [0.3, 0.4) is 0 Å². The summed E-state index contributed by atoms with van der Waals surface area (Å²) in [5, 5.41) is 6.11. The van der Waals surface area contributed by atoms with E-state index >= 15 is 0 Å². The molecule has 4 N–H and O–H groups in total. The highest BCUT2D eigenvalue weighted by atomic mass is 32.1. The van der Waals surface area contributed by atoms with E-state index in [2.05, 4.69) is 10.6 Å². The molecule has 9 heteroatoms. The number of benzene rings is 1. The summed E-state index contributed by atoms with van der Waals surface area (Å²) in [5.41, 5.74) is 8.80. The first-order valence-corrected chi connectivity index (χ1v) is 10.3. The number of anilines is 1. The Kier molecular flexibility index (Phi) is 8.58. The molecule has 1 aromatic rings. The zero-order chi connectivity index (χ0) is 23.1. The van der Waals surface area contributed by atoms with Crippen LogP contribution < -0.4 is 16.4 Å². The summed E-state index contributed by atoms with van der Waals surface area (Å²) in [6.07, 6.45) is -0.319. The number of allylic oxidation sites excluding steroid dienone is 2. The number of carbonyl (C=O) groups is 2. The van der Waals surface area contributed by atoms with Gasteiger partial charge < -0.3 is 30.6 Å². The van der Waals surface area contributed by atoms with Gasteiger partial charge in [-0.05, 0) is 57.6 Å². The van der Waals surface area contributed by atoms with E-state index in [-0.39, 0.29) is 24.4 Å². The van der Waals surface area contributed by atoms with E-state index in [0.29, 0.717) is 33.8 Å². The number of carbonyl (C=O) groups excluding carboxylic acids is 2. The van der Waals surface area contributed by atoms with Crippen molar-refractivity contribution in [1.29, 1.82) is 0 Å². The lowest BCUT2D eigenvalue weighted by Gasteiger charge is -2.31. The molecule has 0 fully saturated rings. The van der Waals surface area contributed by atoms with Crippen LogP contribution in [-0.2, 0) is 23.8 Å². The number of thiocarbonyl (C=S) groups is 1. The van der Waals surface area contributed by atoms with Crippen LogP contribution in [-0.4, -0.2) is 43.5 Å². The summed E-state index contributed by atoms with van der Waals surface area (Å²) >= 11 is 4.93. The second-order valence-corrected chi connectivity index (χ2v) is 7.77. The molecule has 0 saturated heterocycles. The predicted octanol–water partition coefficient (Wildman–Crippen LogP) is 2.72. The molecular weight excluding hydrogens is 418 g/mol. The van der Waals surface area contributed by atoms with Crippen molar-refractivity contribution in [2.24, 2.45) is 5.73 Å². The van der Waals surface area contributed by atoms with Crippen LogP contribution in [0, 0.1) is 0 Å². The number of hydrogen-bond donors (Lipinski definition) is 3. The van der Waals surface area contributed by atoms with Crippen LogP contribution >= 0.6 is 12.2 Å². The monoisotopic (exact) mass is 447 g/mol. The summed E-state index contributed by atoms with van der Waals surface area (Å²) in [5.74, 6) is -1.75. The highest BCUT2D eigenvalue weighted by molar-refractivity contribution is 7.80. The minimum atomic E-state index is -0.698.